The molecule has 0 radical (unpaired) electrons. The first-order valence-corrected chi connectivity index (χ1v) is 23.4. The molecule has 0 aliphatic rings. The van der Waals surface area contributed by atoms with E-state index in [2.05, 4.69) is 58.9 Å². The Morgan fingerprint density at radius 2 is 0.964 bits per heavy atom. The van der Waals surface area contributed by atoms with Crippen LogP contribution in [0, 0.1) is 0 Å². The summed E-state index contributed by atoms with van der Waals surface area (Å²) in [5.41, 5.74) is 0.451. The summed E-state index contributed by atoms with van der Waals surface area (Å²) in [6.07, 6.45) is 0. The van der Waals surface area contributed by atoms with E-state index in [0.717, 1.165) is 0 Å². The maximum Gasteiger partial charge on any atom is 0.325 e. The lowest BCUT2D eigenvalue weighted by Gasteiger charge is -2.30. The molecule has 1 rings (SSSR count). The second-order valence-corrected chi connectivity index (χ2v) is 28.7. The molecule has 0 heterocycles. The molecular formula is C19H38O5Si4. The van der Waals surface area contributed by atoms with Crippen LogP contribution in [-0.4, -0.2) is 39.2 Å². The number of carbonyl (C=O) groups is 1. The maximum atomic E-state index is 12.8. The average Bonchev–Trinajstić information content (AvgIpc) is 2.35. The molecule has 0 aliphatic carbocycles. The minimum absolute atomic E-state index is 0.334. The van der Waals surface area contributed by atoms with Crippen LogP contribution in [0.4, 0.5) is 0 Å². The average molecular weight is 459 g/mol. The summed E-state index contributed by atoms with van der Waals surface area (Å²) in [4.78, 5) is 12.8. The molecule has 0 amide bonds. The van der Waals surface area contributed by atoms with Crippen LogP contribution in [0.2, 0.25) is 78.6 Å². The summed E-state index contributed by atoms with van der Waals surface area (Å²) in [6, 6.07) is 3.51. The van der Waals surface area contributed by atoms with Gasteiger partial charge in [0, 0.05) is 0 Å². The first-order valence-electron chi connectivity index (χ1n) is 9.74. The van der Waals surface area contributed by atoms with E-state index in [4.69, 9.17) is 17.7 Å². The Labute approximate surface area is 175 Å². The SMILES string of the molecule is C[Si](C)(C)OC(=O)c1cc(O[Si](C)(C)C)c(O[Si](C)(C)C)c(O[Si](C)(C)C)c1. The van der Waals surface area contributed by atoms with Gasteiger partial charge < -0.3 is 17.7 Å². The summed E-state index contributed by atoms with van der Waals surface area (Å²) < 4.78 is 24.8. The third-order valence-electron chi connectivity index (χ3n) is 2.90. The third-order valence-corrected chi connectivity index (χ3v) is 6.17. The molecular weight excluding hydrogens is 421 g/mol. The van der Waals surface area contributed by atoms with Crippen LogP contribution >= 0.6 is 0 Å². The van der Waals surface area contributed by atoms with Crippen molar-refractivity contribution in [1.29, 1.82) is 0 Å². The van der Waals surface area contributed by atoms with Gasteiger partial charge in [-0.1, -0.05) is 0 Å². The zero-order valence-electron chi connectivity index (χ0n) is 19.7. The van der Waals surface area contributed by atoms with Crippen LogP contribution in [0.15, 0.2) is 12.1 Å². The molecule has 0 saturated heterocycles. The molecule has 0 aliphatic heterocycles. The van der Waals surface area contributed by atoms with Crippen LogP contribution in [0.1, 0.15) is 10.4 Å². The smallest absolute Gasteiger partial charge is 0.325 e. The van der Waals surface area contributed by atoms with Crippen molar-refractivity contribution in [1.82, 2.24) is 0 Å². The van der Waals surface area contributed by atoms with E-state index in [1.807, 2.05) is 19.6 Å². The lowest BCUT2D eigenvalue weighted by molar-refractivity contribution is 0.0724. The Morgan fingerprint density at radius 1 is 0.607 bits per heavy atom. The molecule has 0 atom stereocenters. The first-order chi connectivity index (χ1) is 12.3. The highest BCUT2D eigenvalue weighted by Gasteiger charge is 2.31. The molecule has 0 bridgehead atoms. The summed E-state index contributed by atoms with van der Waals surface area (Å²) in [7, 11) is -7.84. The van der Waals surface area contributed by atoms with Gasteiger partial charge in [0.1, 0.15) is 11.5 Å². The van der Waals surface area contributed by atoms with Gasteiger partial charge in [-0.2, -0.15) is 0 Å². The summed E-state index contributed by atoms with van der Waals surface area (Å²) in [6.45, 7) is 25.0. The van der Waals surface area contributed by atoms with Crippen molar-refractivity contribution in [2.45, 2.75) is 78.6 Å². The second-order valence-electron chi connectivity index (χ2n) is 10.9. The molecule has 5 nitrogen and oxygen atoms in total. The van der Waals surface area contributed by atoms with Gasteiger partial charge in [0.15, 0.2) is 5.75 Å². The Kier molecular flexibility index (Phi) is 7.47. The molecule has 0 N–H and O–H groups in total. The number of carbonyl (C=O) groups excluding carboxylic acids is 1. The van der Waals surface area contributed by atoms with Gasteiger partial charge in [-0.25, -0.2) is 4.79 Å². The first kappa shape index (κ1) is 25.0. The van der Waals surface area contributed by atoms with E-state index in [1.54, 1.807) is 12.1 Å². The van der Waals surface area contributed by atoms with Gasteiger partial charge in [-0.15, -0.1) is 0 Å². The van der Waals surface area contributed by atoms with Crippen molar-refractivity contribution in [3.8, 4) is 17.2 Å². The van der Waals surface area contributed by atoms with Crippen molar-refractivity contribution in [3.63, 3.8) is 0 Å². The van der Waals surface area contributed by atoms with Gasteiger partial charge in [-0.05, 0) is 90.7 Å². The summed E-state index contributed by atoms with van der Waals surface area (Å²) in [5.74, 6) is 1.45. The fourth-order valence-corrected chi connectivity index (χ4v) is 5.36. The van der Waals surface area contributed by atoms with E-state index >= 15 is 0 Å². The van der Waals surface area contributed by atoms with Crippen molar-refractivity contribution in [2.24, 2.45) is 0 Å². The Hall–Kier alpha value is -1.04. The molecule has 0 aromatic heterocycles. The molecule has 160 valence electrons. The third kappa shape index (κ3) is 9.44. The predicted molar refractivity (Wildman–Crippen MR) is 127 cm³/mol. The highest BCUT2D eigenvalue weighted by molar-refractivity contribution is 6.72. The fourth-order valence-electron chi connectivity index (χ4n) is 2.25. The van der Waals surface area contributed by atoms with Crippen molar-refractivity contribution in [2.75, 3.05) is 0 Å². The molecule has 0 spiro atoms. The molecule has 1 aromatic carbocycles. The highest BCUT2D eigenvalue weighted by Crippen LogP contribution is 2.42. The van der Waals surface area contributed by atoms with Gasteiger partial charge in [0.05, 0.1) is 5.56 Å². The van der Waals surface area contributed by atoms with Gasteiger partial charge in [0.2, 0.25) is 33.3 Å². The minimum atomic E-state index is -2.02. The number of benzene rings is 1. The number of rotatable bonds is 8. The van der Waals surface area contributed by atoms with Crippen molar-refractivity contribution >= 4 is 39.2 Å². The van der Waals surface area contributed by atoms with E-state index < -0.39 is 33.3 Å². The van der Waals surface area contributed by atoms with E-state index in [0.29, 0.717) is 22.8 Å². The monoisotopic (exact) mass is 458 g/mol. The Balaban J connectivity index is 3.63. The quantitative estimate of drug-likeness (QED) is 0.427. The van der Waals surface area contributed by atoms with Crippen LogP contribution in [0.5, 0.6) is 17.2 Å². The summed E-state index contributed by atoms with van der Waals surface area (Å²) in [5, 5.41) is 0. The highest BCUT2D eigenvalue weighted by atomic mass is 28.4. The fraction of sp³-hybridized carbons (Fsp3) is 0.632. The topological polar surface area (TPSA) is 54.0 Å². The second kappa shape index (κ2) is 8.37. The number of hydrogen-bond acceptors (Lipinski definition) is 5. The van der Waals surface area contributed by atoms with Crippen LogP contribution < -0.4 is 13.3 Å². The molecule has 28 heavy (non-hydrogen) atoms. The zero-order chi connectivity index (χ0) is 22.1. The van der Waals surface area contributed by atoms with Crippen molar-refractivity contribution < 1.29 is 22.5 Å². The standard InChI is InChI=1S/C19H38O5Si4/c1-25(2,3)21-16-13-15(19(20)24-28(10,11)12)14-17(22-26(4,5)6)18(16)23-27(7,8)9/h13-14H,1-12H3. The van der Waals surface area contributed by atoms with E-state index in [1.165, 1.54) is 0 Å². The van der Waals surface area contributed by atoms with Crippen LogP contribution in [0.25, 0.3) is 0 Å². The van der Waals surface area contributed by atoms with Crippen LogP contribution in [0.3, 0.4) is 0 Å². The molecule has 1 aromatic rings. The molecule has 9 heteroatoms. The van der Waals surface area contributed by atoms with E-state index in [-0.39, 0.29) is 5.97 Å². The number of hydrogen-bond donors (Lipinski definition) is 0. The van der Waals surface area contributed by atoms with Gasteiger partial charge in [0.25, 0.3) is 0 Å². The predicted octanol–water partition coefficient (Wildman–Crippen LogP) is 6.32. The molecule has 0 saturated carbocycles. The largest absolute Gasteiger partial charge is 0.542 e. The van der Waals surface area contributed by atoms with Gasteiger partial charge >= 0.3 is 5.97 Å². The summed E-state index contributed by atoms with van der Waals surface area (Å²) >= 11 is 0. The zero-order valence-corrected chi connectivity index (χ0v) is 23.7. The lowest BCUT2D eigenvalue weighted by atomic mass is 10.2. The Bertz CT molecular complexity index is 670. The molecule has 0 fully saturated rings. The van der Waals surface area contributed by atoms with Gasteiger partial charge in [-0.3, -0.25) is 0 Å². The minimum Gasteiger partial charge on any atom is -0.542 e. The Morgan fingerprint density at radius 3 is 1.25 bits per heavy atom. The normalized spacial score (nSPS) is 13.1. The van der Waals surface area contributed by atoms with E-state index in [9.17, 15) is 4.79 Å². The van der Waals surface area contributed by atoms with Crippen molar-refractivity contribution in [3.05, 3.63) is 17.7 Å². The molecule has 0 unspecified atom stereocenters. The van der Waals surface area contributed by atoms with Crippen LogP contribution in [-0.2, 0) is 4.43 Å². The maximum absolute atomic E-state index is 12.8. The lowest BCUT2D eigenvalue weighted by Crippen LogP contribution is -2.35.